The van der Waals surface area contributed by atoms with Gasteiger partial charge in [-0.15, -0.1) is 0 Å². The monoisotopic (exact) mass is 514 g/mol. The van der Waals surface area contributed by atoms with Crippen molar-refractivity contribution in [3.8, 4) is 22.9 Å². The maximum atomic E-state index is 5.23. The first-order valence-electron chi connectivity index (χ1n) is 13.6. The highest BCUT2D eigenvalue weighted by atomic mass is 15.2. The summed E-state index contributed by atoms with van der Waals surface area (Å²) in [5.74, 6) is 0.681. The second kappa shape index (κ2) is 8.65. The molecule has 0 saturated heterocycles. The van der Waals surface area contributed by atoms with E-state index in [1.807, 2.05) is 12.1 Å². The molecule has 8 rings (SSSR count). The topological polar surface area (TPSA) is 35.6 Å². The fraction of sp³-hybridized carbons (Fsp3) is 0.0556. The quantitative estimate of drug-likeness (QED) is 0.236. The molecule has 0 aliphatic carbocycles. The van der Waals surface area contributed by atoms with Crippen LogP contribution in [-0.2, 0) is 0 Å². The number of para-hydroxylation sites is 3. The van der Waals surface area contributed by atoms with Crippen molar-refractivity contribution in [2.45, 2.75) is 13.8 Å². The summed E-state index contributed by atoms with van der Waals surface area (Å²) in [4.78, 5) is 10.4. The molecule has 0 unspecified atom stereocenters. The van der Waals surface area contributed by atoms with Crippen LogP contribution in [0.2, 0.25) is 0 Å². The highest BCUT2D eigenvalue weighted by molar-refractivity contribution is 6.14. The fourth-order valence-corrected chi connectivity index (χ4v) is 6.14. The predicted octanol–water partition coefficient (Wildman–Crippen LogP) is 8.95. The Morgan fingerprint density at radius 1 is 0.500 bits per heavy atom. The van der Waals surface area contributed by atoms with E-state index in [0.717, 1.165) is 33.2 Å². The summed E-state index contributed by atoms with van der Waals surface area (Å²) in [6, 6.07) is 42.5. The van der Waals surface area contributed by atoms with Crippen molar-refractivity contribution in [1.29, 1.82) is 0 Å². The van der Waals surface area contributed by atoms with E-state index < -0.39 is 0 Å². The van der Waals surface area contributed by atoms with E-state index in [9.17, 15) is 0 Å². The van der Waals surface area contributed by atoms with Gasteiger partial charge in [0, 0.05) is 38.5 Å². The molecule has 0 bridgehead atoms. The average molecular weight is 515 g/mol. The van der Waals surface area contributed by atoms with Gasteiger partial charge in [0.15, 0.2) is 0 Å². The molecule has 190 valence electrons. The van der Waals surface area contributed by atoms with Crippen molar-refractivity contribution in [1.82, 2.24) is 19.1 Å². The first kappa shape index (κ1) is 22.7. The van der Waals surface area contributed by atoms with E-state index in [2.05, 4.69) is 132 Å². The van der Waals surface area contributed by atoms with Gasteiger partial charge in [-0.2, -0.15) is 0 Å². The van der Waals surface area contributed by atoms with Crippen molar-refractivity contribution in [3.63, 3.8) is 0 Å². The van der Waals surface area contributed by atoms with Crippen LogP contribution >= 0.6 is 0 Å². The molecule has 5 aromatic carbocycles. The molecule has 0 N–H and O–H groups in total. The molecule has 0 atom stereocenters. The zero-order valence-electron chi connectivity index (χ0n) is 22.3. The minimum Gasteiger partial charge on any atom is -0.314 e. The SMILES string of the molecule is Cc1c(C)n(-c2ccccc2)c2cc3c4ccccc4n(-c4nc(-c5ccccc5)c5ccccc5n4)c3cc12. The van der Waals surface area contributed by atoms with Gasteiger partial charge in [-0.3, -0.25) is 4.57 Å². The molecular formula is C36H26N4. The Hall–Kier alpha value is -5.22. The Bertz CT molecular complexity index is 2220. The normalized spacial score (nSPS) is 11.8. The van der Waals surface area contributed by atoms with E-state index in [-0.39, 0.29) is 0 Å². The summed E-state index contributed by atoms with van der Waals surface area (Å²) in [5.41, 5.74) is 10.1. The molecule has 0 aliphatic rings. The first-order chi connectivity index (χ1) is 19.7. The number of rotatable bonds is 3. The molecular weight excluding hydrogens is 488 g/mol. The van der Waals surface area contributed by atoms with Crippen LogP contribution in [0.15, 0.2) is 121 Å². The first-order valence-corrected chi connectivity index (χ1v) is 13.6. The van der Waals surface area contributed by atoms with Gasteiger partial charge in [-0.05, 0) is 55.8 Å². The third-order valence-corrected chi connectivity index (χ3v) is 8.17. The fourth-order valence-electron chi connectivity index (χ4n) is 6.14. The standard InChI is InChI=1S/C36H26N4/c1-23-24(2)39(26-15-7-4-8-16-26)33-22-30-27-17-10-12-20-32(27)40(34(30)21-29(23)33)36-37-31-19-11-9-18-28(31)35(38-36)25-13-5-3-6-14-25/h3-22H,1-2H3. The van der Waals surface area contributed by atoms with Crippen LogP contribution in [0.3, 0.4) is 0 Å². The van der Waals surface area contributed by atoms with E-state index >= 15 is 0 Å². The van der Waals surface area contributed by atoms with Gasteiger partial charge in [0.1, 0.15) is 0 Å². The molecule has 8 aromatic rings. The molecule has 0 aliphatic heterocycles. The number of benzene rings is 5. The number of aryl methyl sites for hydroxylation is 1. The Kier molecular flexibility index (Phi) is 4.92. The molecule has 0 fully saturated rings. The van der Waals surface area contributed by atoms with Crippen LogP contribution in [0.4, 0.5) is 0 Å². The van der Waals surface area contributed by atoms with Crippen molar-refractivity contribution in [3.05, 3.63) is 133 Å². The van der Waals surface area contributed by atoms with Gasteiger partial charge < -0.3 is 4.57 Å². The zero-order valence-corrected chi connectivity index (χ0v) is 22.3. The molecule has 0 saturated carbocycles. The van der Waals surface area contributed by atoms with Crippen molar-refractivity contribution >= 4 is 43.6 Å². The van der Waals surface area contributed by atoms with E-state index in [0.29, 0.717) is 5.95 Å². The lowest BCUT2D eigenvalue weighted by Crippen LogP contribution is -2.03. The Morgan fingerprint density at radius 2 is 1.12 bits per heavy atom. The van der Waals surface area contributed by atoms with Crippen LogP contribution in [0.1, 0.15) is 11.3 Å². The third-order valence-electron chi connectivity index (χ3n) is 8.17. The molecule has 3 aromatic heterocycles. The lowest BCUT2D eigenvalue weighted by molar-refractivity contribution is 1.01. The molecule has 0 amide bonds. The Labute approximate surface area is 231 Å². The van der Waals surface area contributed by atoms with Gasteiger partial charge >= 0.3 is 0 Å². The van der Waals surface area contributed by atoms with Crippen LogP contribution in [0.5, 0.6) is 0 Å². The number of fused-ring (bicyclic) bond motifs is 5. The minimum atomic E-state index is 0.681. The van der Waals surface area contributed by atoms with Crippen molar-refractivity contribution < 1.29 is 0 Å². The largest absolute Gasteiger partial charge is 0.314 e. The maximum absolute atomic E-state index is 5.23. The van der Waals surface area contributed by atoms with Gasteiger partial charge in [0.25, 0.3) is 0 Å². The lowest BCUT2D eigenvalue weighted by Gasteiger charge is -2.12. The van der Waals surface area contributed by atoms with E-state index in [1.54, 1.807) is 0 Å². The molecule has 0 spiro atoms. The summed E-state index contributed by atoms with van der Waals surface area (Å²) in [5, 5.41) is 4.67. The number of aromatic nitrogens is 4. The van der Waals surface area contributed by atoms with E-state index in [1.165, 1.54) is 38.6 Å². The molecule has 4 nitrogen and oxygen atoms in total. The van der Waals surface area contributed by atoms with Gasteiger partial charge in [-0.1, -0.05) is 84.9 Å². The Morgan fingerprint density at radius 3 is 1.93 bits per heavy atom. The molecule has 0 radical (unpaired) electrons. The smallest absolute Gasteiger partial charge is 0.235 e. The van der Waals surface area contributed by atoms with Crippen LogP contribution in [-0.4, -0.2) is 19.1 Å². The molecule has 4 heteroatoms. The summed E-state index contributed by atoms with van der Waals surface area (Å²) in [7, 11) is 0. The minimum absolute atomic E-state index is 0.681. The summed E-state index contributed by atoms with van der Waals surface area (Å²) in [6.07, 6.45) is 0. The Balaban J connectivity index is 1.49. The summed E-state index contributed by atoms with van der Waals surface area (Å²) >= 11 is 0. The molecule has 40 heavy (non-hydrogen) atoms. The van der Waals surface area contributed by atoms with Gasteiger partial charge in [-0.25, -0.2) is 9.97 Å². The maximum Gasteiger partial charge on any atom is 0.235 e. The zero-order chi connectivity index (χ0) is 26.8. The summed E-state index contributed by atoms with van der Waals surface area (Å²) < 4.78 is 4.61. The summed E-state index contributed by atoms with van der Waals surface area (Å²) in [6.45, 7) is 4.42. The van der Waals surface area contributed by atoms with Crippen LogP contribution in [0.25, 0.3) is 66.5 Å². The van der Waals surface area contributed by atoms with Gasteiger partial charge in [0.05, 0.1) is 27.8 Å². The third kappa shape index (κ3) is 3.26. The van der Waals surface area contributed by atoms with Gasteiger partial charge in [0.2, 0.25) is 5.95 Å². The second-order valence-electron chi connectivity index (χ2n) is 10.4. The van der Waals surface area contributed by atoms with Crippen LogP contribution in [0, 0.1) is 13.8 Å². The average Bonchev–Trinajstić information content (AvgIpc) is 3.46. The highest BCUT2D eigenvalue weighted by Gasteiger charge is 2.20. The van der Waals surface area contributed by atoms with Crippen LogP contribution < -0.4 is 0 Å². The lowest BCUT2D eigenvalue weighted by atomic mass is 10.1. The van der Waals surface area contributed by atoms with E-state index in [4.69, 9.17) is 9.97 Å². The van der Waals surface area contributed by atoms with Crippen molar-refractivity contribution in [2.24, 2.45) is 0 Å². The number of hydrogen-bond acceptors (Lipinski definition) is 2. The number of nitrogens with zero attached hydrogens (tertiary/aromatic N) is 4. The van der Waals surface area contributed by atoms with Crippen molar-refractivity contribution in [2.75, 3.05) is 0 Å². The predicted molar refractivity (Wildman–Crippen MR) is 166 cm³/mol. The second-order valence-corrected chi connectivity index (χ2v) is 10.4. The molecule has 3 heterocycles. The number of hydrogen-bond donors (Lipinski definition) is 0. The highest BCUT2D eigenvalue weighted by Crippen LogP contribution is 2.38.